The molecule has 0 aromatic carbocycles. The van der Waals surface area contributed by atoms with Crippen LogP contribution in [0.3, 0.4) is 0 Å². The fourth-order valence-corrected chi connectivity index (χ4v) is 3.93. The third-order valence-corrected chi connectivity index (χ3v) is 5.08. The van der Waals surface area contributed by atoms with E-state index in [-0.39, 0.29) is 27.8 Å². The van der Waals surface area contributed by atoms with Gasteiger partial charge in [-0.25, -0.2) is 4.98 Å². The first kappa shape index (κ1) is 17.0. The molecule has 3 heterocycles. The normalized spacial score (nSPS) is 15.4. The van der Waals surface area contributed by atoms with Gasteiger partial charge in [0.05, 0.1) is 6.61 Å². The summed E-state index contributed by atoms with van der Waals surface area (Å²) < 4.78 is 3.26. The summed E-state index contributed by atoms with van der Waals surface area (Å²) in [5, 5.41) is 28.7. The molecule has 0 amide bonds. The van der Waals surface area contributed by atoms with Crippen molar-refractivity contribution in [2.24, 2.45) is 5.41 Å². The Kier molecular flexibility index (Phi) is 3.80. The lowest BCUT2D eigenvalue weighted by atomic mass is 9.77. The van der Waals surface area contributed by atoms with Crippen LogP contribution in [-0.4, -0.2) is 36.2 Å². The van der Waals surface area contributed by atoms with Gasteiger partial charge in [-0.05, 0) is 41.4 Å². The van der Waals surface area contributed by atoms with Crippen LogP contribution in [0, 0.1) is 5.41 Å². The minimum atomic E-state index is -1.75. The molecule has 4 rings (SSSR count). The van der Waals surface area contributed by atoms with Crippen molar-refractivity contribution in [1.82, 2.24) is 14.0 Å². The fraction of sp³-hybridized carbons (Fsp3) is 0.333. The highest BCUT2D eigenvalue weighted by molar-refractivity contribution is 6.59. The molecule has 0 saturated heterocycles. The topological polar surface area (TPSA) is 100.0 Å². The van der Waals surface area contributed by atoms with Crippen molar-refractivity contribution < 1.29 is 15.2 Å². The average Bonchev–Trinajstić information content (AvgIpc) is 3.07. The SMILES string of the molecule is CC1(C)Cc2cc3c(=O)n(-c4nccc(B(O)O)c4CO)ccn3c2C1. The van der Waals surface area contributed by atoms with E-state index in [0.29, 0.717) is 5.52 Å². The van der Waals surface area contributed by atoms with Crippen molar-refractivity contribution in [3.63, 3.8) is 0 Å². The van der Waals surface area contributed by atoms with Gasteiger partial charge in [0.2, 0.25) is 0 Å². The molecule has 0 fully saturated rings. The van der Waals surface area contributed by atoms with E-state index in [1.165, 1.54) is 22.4 Å². The second-order valence-corrected chi connectivity index (χ2v) is 7.60. The number of hydrogen-bond acceptors (Lipinski definition) is 5. The third kappa shape index (κ3) is 2.49. The van der Waals surface area contributed by atoms with E-state index >= 15 is 0 Å². The van der Waals surface area contributed by atoms with Gasteiger partial charge >= 0.3 is 7.12 Å². The van der Waals surface area contributed by atoms with Gasteiger partial charge in [-0.2, -0.15) is 0 Å². The van der Waals surface area contributed by atoms with Crippen molar-refractivity contribution in [3.8, 4) is 5.82 Å². The van der Waals surface area contributed by atoms with E-state index < -0.39 is 13.7 Å². The molecule has 3 N–H and O–H groups in total. The Morgan fingerprint density at radius 2 is 2.04 bits per heavy atom. The van der Waals surface area contributed by atoms with Crippen molar-refractivity contribution in [1.29, 1.82) is 0 Å². The molecule has 0 spiro atoms. The highest BCUT2D eigenvalue weighted by Gasteiger charge is 2.31. The van der Waals surface area contributed by atoms with Gasteiger partial charge < -0.3 is 19.6 Å². The zero-order valence-electron chi connectivity index (χ0n) is 14.7. The van der Waals surface area contributed by atoms with Gasteiger partial charge in [0.25, 0.3) is 5.56 Å². The summed E-state index contributed by atoms with van der Waals surface area (Å²) in [5.41, 5.74) is 3.17. The molecule has 0 unspecified atom stereocenters. The molecule has 3 aromatic heterocycles. The van der Waals surface area contributed by atoms with Crippen LogP contribution in [0.2, 0.25) is 0 Å². The molecule has 0 saturated carbocycles. The minimum Gasteiger partial charge on any atom is -0.423 e. The van der Waals surface area contributed by atoms with Crippen LogP contribution in [0.15, 0.2) is 35.5 Å². The largest absolute Gasteiger partial charge is 0.488 e. The second-order valence-electron chi connectivity index (χ2n) is 7.60. The summed E-state index contributed by atoms with van der Waals surface area (Å²) in [6.45, 7) is 3.97. The number of pyridine rings is 1. The molecule has 134 valence electrons. The van der Waals surface area contributed by atoms with Crippen LogP contribution in [0.1, 0.15) is 30.7 Å². The molecule has 0 atom stereocenters. The summed E-state index contributed by atoms with van der Waals surface area (Å²) in [6, 6.07) is 3.34. The fourth-order valence-electron chi connectivity index (χ4n) is 3.93. The lowest BCUT2D eigenvalue weighted by molar-refractivity contribution is 0.281. The quantitative estimate of drug-likeness (QED) is 0.566. The second kappa shape index (κ2) is 5.80. The summed E-state index contributed by atoms with van der Waals surface area (Å²) >= 11 is 0. The van der Waals surface area contributed by atoms with E-state index in [0.717, 1.165) is 18.5 Å². The molecule has 3 aromatic rings. The van der Waals surface area contributed by atoms with Crippen LogP contribution < -0.4 is 11.0 Å². The van der Waals surface area contributed by atoms with Crippen LogP contribution in [0.4, 0.5) is 0 Å². The van der Waals surface area contributed by atoms with E-state index in [1.54, 1.807) is 6.20 Å². The lowest BCUT2D eigenvalue weighted by Crippen LogP contribution is -2.35. The number of nitrogens with zero attached hydrogens (tertiary/aromatic N) is 3. The molecule has 7 nitrogen and oxygen atoms in total. The number of rotatable bonds is 3. The standard InChI is InChI=1S/C18H20BN3O4/c1-18(2)8-11-7-14-17(24)22(6-5-21(14)15(11)9-18)16-12(10-23)13(19(25)26)3-4-20-16/h3-7,23,25-26H,8-10H2,1-2H3. The van der Waals surface area contributed by atoms with Gasteiger partial charge in [-0.15, -0.1) is 0 Å². The first-order valence-electron chi connectivity index (χ1n) is 8.52. The molecule has 1 aliphatic rings. The van der Waals surface area contributed by atoms with Crippen LogP contribution >= 0.6 is 0 Å². The molecule has 0 radical (unpaired) electrons. The summed E-state index contributed by atoms with van der Waals surface area (Å²) in [5.74, 6) is 0.201. The number of hydrogen-bond donors (Lipinski definition) is 3. The lowest BCUT2D eigenvalue weighted by Gasteiger charge is -2.16. The van der Waals surface area contributed by atoms with Crippen molar-refractivity contribution in [3.05, 3.63) is 57.9 Å². The van der Waals surface area contributed by atoms with Crippen molar-refractivity contribution in [2.45, 2.75) is 33.3 Å². The number of aliphatic hydroxyl groups is 1. The summed E-state index contributed by atoms with van der Waals surface area (Å²) in [4.78, 5) is 17.2. The van der Waals surface area contributed by atoms with Crippen molar-refractivity contribution in [2.75, 3.05) is 0 Å². The molecule has 0 aliphatic heterocycles. The minimum absolute atomic E-state index is 0.129. The van der Waals surface area contributed by atoms with Gasteiger partial charge in [-0.3, -0.25) is 9.36 Å². The maximum Gasteiger partial charge on any atom is 0.488 e. The van der Waals surface area contributed by atoms with Gasteiger partial charge in [0.15, 0.2) is 0 Å². The Balaban J connectivity index is 1.92. The molecule has 0 bridgehead atoms. The molecule has 8 heteroatoms. The summed E-state index contributed by atoms with van der Waals surface area (Å²) in [6.07, 6.45) is 6.65. The predicted octanol–water partition coefficient (Wildman–Crippen LogP) is -0.218. The molecule has 1 aliphatic carbocycles. The van der Waals surface area contributed by atoms with E-state index in [2.05, 4.69) is 18.8 Å². The monoisotopic (exact) mass is 353 g/mol. The Morgan fingerprint density at radius 3 is 2.73 bits per heavy atom. The molecular weight excluding hydrogens is 333 g/mol. The zero-order chi connectivity index (χ0) is 18.6. The first-order valence-corrected chi connectivity index (χ1v) is 8.52. The predicted molar refractivity (Wildman–Crippen MR) is 97.7 cm³/mol. The Morgan fingerprint density at radius 1 is 1.27 bits per heavy atom. The Labute approximate surface area is 150 Å². The van der Waals surface area contributed by atoms with Crippen molar-refractivity contribution >= 4 is 18.1 Å². The number of aliphatic hydroxyl groups excluding tert-OH is 1. The third-order valence-electron chi connectivity index (χ3n) is 5.08. The van der Waals surface area contributed by atoms with E-state index in [9.17, 15) is 19.9 Å². The van der Waals surface area contributed by atoms with Crippen LogP contribution in [0.25, 0.3) is 11.3 Å². The highest BCUT2D eigenvalue weighted by Crippen LogP contribution is 2.37. The number of aromatic nitrogens is 3. The highest BCUT2D eigenvalue weighted by atomic mass is 16.4. The maximum atomic E-state index is 13.0. The van der Waals surface area contributed by atoms with E-state index in [1.807, 2.05) is 16.7 Å². The summed E-state index contributed by atoms with van der Waals surface area (Å²) in [7, 11) is -1.75. The average molecular weight is 353 g/mol. The van der Waals surface area contributed by atoms with Gasteiger partial charge in [0, 0.05) is 29.8 Å². The Bertz CT molecular complexity index is 1070. The number of fused-ring (bicyclic) bond motifs is 3. The zero-order valence-corrected chi connectivity index (χ0v) is 14.7. The first-order chi connectivity index (χ1) is 12.3. The van der Waals surface area contributed by atoms with Gasteiger partial charge in [0.1, 0.15) is 11.3 Å². The molecule has 26 heavy (non-hydrogen) atoms. The maximum absolute atomic E-state index is 13.0. The van der Waals surface area contributed by atoms with E-state index in [4.69, 9.17) is 0 Å². The smallest absolute Gasteiger partial charge is 0.423 e. The Hall–Kier alpha value is -2.42. The molecular formula is C18H20BN3O4. The van der Waals surface area contributed by atoms with Gasteiger partial charge in [-0.1, -0.05) is 13.8 Å². The van der Waals surface area contributed by atoms with Crippen LogP contribution in [0.5, 0.6) is 0 Å². The van der Waals surface area contributed by atoms with Crippen LogP contribution in [-0.2, 0) is 19.4 Å².